The maximum atomic E-state index is 4.95. The van der Waals surface area contributed by atoms with E-state index in [4.69, 9.17) is 4.98 Å². The van der Waals surface area contributed by atoms with Crippen LogP contribution in [0.15, 0.2) is 122 Å². The number of H-pyrrole nitrogens is 1. The van der Waals surface area contributed by atoms with Crippen molar-refractivity contribution in [2.24, 2.45) is 0 Å². The predicted octanol–water partition coefficient (Wildman–Crippen LogP) is 7.71. The van der Waals surface area contributed by atoms with Crippen LogP contribution in [-0.2, 0) is 12.0 Å². The molecular formula is C36H36N4. The normalized spacial score (nSPS) is 12.6. The number of hydrogen-bond donors (Lipinski definition) is 2. The van der Waals surface area contributed by atoms with Crippen molar-refractivity contribution >= 4 is 10.9 Å². The fourth-order valence-electron chi connectivity index (χ4n) is 6.03. The second kappa shape index (κ2) is 11.0. The lowest BCUT2D eigenvalue weighted by molar-refractivity contribution is 0.511. The monoisotopic (exact) mass is 524 g/mol. The summed E-state index contributed by atoms with van der Waals surface area (Å²) in [6, 6.07) is 39.0. The van der Waals surface area contributed by atoms with Crippen molar-refractivity contribution in [2.75, 3.05) is 6.54 Å². The quantitative estimate of drug-likeness (QED) is 0.190. The summed E-state index contributed by atoms with van der Waals surface area (Å²) in [5, 5.41) is 5.02. The Morgan fingerprint density at radius 3 is 2.12 bits per heavy atom. The molecule has 0 amide bonds. The van der Waals surface area contributed by atoms with Crippen LogP contribution in [0.25, 0.3) is 10.9 Å². The van der Waals surface area contributed by atoms with E-state index in [0.717, 1.165) is 18.7 Å². The Bertz CT molecular complexity index is 1670. The first-order valence-electron chi connectivity index (χ1n) is 14.1. The fraction of sp³-hybridized carbons (Fsp3) is 0.194. The van der Waals surface area contributed by atoms with E-state index in [9.17, 15) is 0 Å². The van der Waals surface area contributed by atoms with Gasteiger partial charge in [-0.3, -0.25) is 0 Å². The van der Waals surface area contributed by atoms with Gasteiger partial charge in [0, 0.05) is 41.8 Å². The molecule has 200 valence electrons. The van der Waals surface area contributed by atoms with Crippen LogP contribution >= 0.6 is 0 Å². The number of benzene rings is 4. The molecule has 2 aromatic heterocycles. The maximum absolute atomic E-state index is 4.95. The van der Waals surface area contributed by atoms with Gasteiger partial charge in [-0.1, -0.05) is 109 Å². The third kappa shape index (κ3) is 4.65. The molecule has 4 nitrogen and oxygen atoms in total. The van der Waals surface area contributed by atoms with Gasteiger partial charge in [-0.05, 0) is 49.1 Å². The van der Waals surface area contributed by atoms with E-state index in [0.29, 0.717) is 0 Å². The number of aromatic nitrogens is 3. The Kier molecular flexibility index (Phi) is 7.10. The van der Waals surface area contributed by atoms with Gasteiger partial charge in [0.05, 0.1) is 12.0 Å². The van der Waals surface area contributed by atoms with Crippen molar-refractivity contribution in [3.63, 3.8) is 0 Å². The van der Waals surface area contributed by atoms with Crippen molar-refractivity contribution in [1.82, 2.24) is 19.9 Å². The van der Waals surface area contributed by atoms with Crippen molar-refractivity contribution in [1.29, 1.82) is 0 Å². The van der Waals surface area contributed by atoms with Gasteiger partial charge in [0.25, 0.3) is 0 Å². The summed E-state index contributed by atoms with van der Waals surface area (Å²) in [5.41, 5.74) is 9.15. The van der Waals surface area contributed by atoms with Crippen LogP contribution in [0.5, 0.6) is 0 Å². The fourth-order valence-corrected chi connectivity index (χ4v) is 6.03. The molecule has 4 aromatic carbocycles. The van der Waals surface area contributed by atoms with E-state index in [2.05, 4.69) is 151 Å². The second-order valence-corrected chi connectivity index (χ2v) is 10.7. The lowest BCUT2D eigenvalue weighted by Gasteiger charge is -2.37. The molecule has 2 N–H and O–H groups in total. The first-order chi connectivity index (χ1) is 19.6. The molecule has 4 heteroatoms. The third-order valence-corrected chi connectivity index (χ3v) is 8.15. The van der Waals surface area contributed by atoms with E-state index >= 15 is 0 Å². The van der Waals surface area contributed by atoms with Gasteiger partial charge in [-0.25, -0.2) is 4.98 Å². The topological polar surface area (TPSA) is 45.6 Å². The first kappa shape index (κ1) is 25.8. The second-order valence-electron chi connectivity index (χ2n) is 10.7. The Hall–Kier alpha value is -4.41. The Morgan fingerprint density at radius 2 is 1.45 bits per heavy atom. The number of aryl methyl sites for hydroxylation is 2. The highest BCUT2D eigenvalue weighted by atomic mass is 15.1. The highest BCUT2D eigenvalue weighted by Crippen LogP contribution is 2.41. The van der Waals surface area contributed by atoms with Gasteiger partial charge in [-0.2, -0.15) is 0 Å². The van der Waals surface area contributed by atoms with E-state index in [-0.39, 0.29) is 6.04 Å². The smallest absolute Gasteiger partial charge is 0.121 e. The molecule has 6 aromatic rings. The van der Waals surface area contributed by atoms with Crippen molar-refractivity contribution in [3.8, 4) is 0 Å². The van der Waals surface area contributed by atoms with Gasteiger partial charge in [0.2, 0.25) is 0 Å². The minimum Gasteiger partial charge on any atom is -0.358 e. The molecule has 0 aliphatic heterocycles. The number of nitrogens with one attached hydrogen (secondary N) is 2. The van der Waals surface area contributed by atoms with E-state index < -0.39 is 5.54 Å². The zero-order valence-corrected chi connectivity index (χ0v) is 23.4. The van der Waals surface area contributed by atoms with E-state index in [1.165, 1.54) is 44.4 Å². The third-order valence-electron chi connectivity index (χ3n) is 8.15. The van der Waals surface area contributed by atoms with Gasteiger partial charge in [0.15, 0.2) is 0 Å². The zero-order chi connectivity index (χ0) is 27.5. The molecule has 0 radical (unpaired) electrons. The number of rotatable bonds is 9. The van der Waals surface area contributed by atoms with Crippen LogP contribution in [0.3, 0.4) is 0 Å². The Morgan fingerprint density at radius 1 is 0.800 bits per heavy atom. The molecule has 1 unspecified atom stereocenters. The summed E-state index contributed by atoms with van der Waals surface area (Å²) in [5.74, 6) is 0. The number of aromatic amines is 1. The summed E-state index contributed by atoms with van der Waals surface area (Å²) in [6.45, 7) is 7.42. The molecule has 2 heterocycles. The first-order valence-corrected chi connectivity index (χ1v) is 14.1. The summed E-state index contributed by atoms with van der Waals surface area (Å²) in [4.78, 5) is 8.55. The molecular weight excluding hydrogens is 488 g/mol. The average Bonchev–Trinajstić information content (AvgIpc) is 3.60. The van der Waals surface area contributed by atoms with Crippen LogP contribution in [0.1, 0.15) is 52.2 Å². The minimum atomic E-state index is -0.555. The summed E-state index contributed by atoms with van der Waals surface area (Å²) in [7, 11) is 0. The minimum absolute atomic E-state index is 0.104. The molecule has 6 rings (SSSR count). The summed E-state index contributed by atoms with van der Waals surface area (Å²) in [6.07, 6.45) is 5.15. The zero-order valence-electron chi connectivity index (χ0n) is 23.4. The number of hydrogen-bond acceptors (Lipinski definition) is 2. The average molecular weight is 525 g/mol. The SMILES string of the molecule is Cc1cccc(C(c2ccccc2)(c2ccccc2)n2cnc(C(C)NCCc3[nH]c4ccccc4c3C)c2)c1. The number of fused-ring (bicyclic) bond motifs is 1. The van der Waals surface area contributed by atoms with Crippen LogP contribution in [-0.4, -0.2) is 21.1 Å². The maximum Gasteiger partial charge on any atom is 0.121 e. The largest absolute Gasteiger partial charge is 0.358 e. The molecule has 0 saturated heterocycles. The van der Waals surface area contributed by atoms with Crippen LogP contribution in [0.2, 0.25) is 0 Å². The molecule has 1 atom stereocenters. The van der Waals surface area contributed by atoms with Crippen molar-refractivity contribution < 1.29 is 0 Å². The Labute approximate surface area is 236 Å². The van der Waals surface area contributed by atoms with Gasteiger partial charge >= 0.3 is 0 Å². The lowest BCUT2D eigenvalue weighted by Crippen LogP contribution is -2.37. The predicted molar refractivity (Wildman–Crippen MR) is 165 cm³/mol. The van der Waals surface area contributed by atoms with Crippen LogP contribution in [0, 0.1) is 13.8 Å². The van der Waals surface area contributed by atoms with Gasteiger partial charge in [-0.15, -0.1) is 0 Å². The lowest BCUT2D eigenvalue weighted by atomic mass is 9.76. The highest BCUT2D eigenvalue weighted by molar-refractivity contribution is 5.84. The highest BCUT2D eigenvalue weighted by Gasteiger charge is 2.38. The molecule has 0 aliphatic rings. The molecule has 0 aliphatic carbocycles. The number of imidazole rings is 1. The van der Waals surface area contributed by atoms with Crippen molar-refractivity contribution in [2.45, 2.75) is 38.8 Å². The molecule has 0 bridgehead atoms. The molecule has 0 fully saturated rings. The van der Waals surface area contributed by atoms with Gasteiger partial charge in [0.1, 0.15) is 5.54 Å². The van der Waals surface area contributed by atoms with E-state index in [1.54, 1.807) is 0 Å². The van der Waals surface area contributed by atoms with Crippen molar-refractivity contribution in [3.05, 3.63) is 161 Å². The molecule has 40 heavy (non-hydrogen) atoms. The molecule has 0 spiro atoms. The summed E-state index contributed by atoms with van der Waals surface area (Å²) >= 11 is 0. The standard InChI is InChI=1S/C36H36N4/c1-26-13-12-18-31(23-26)36(29-14-6-4-7-15-29,30-16-8-5-9-17-30)40-24-35(38-25-40)28(3)37-22-21-33-27(2)32-19-10-11-20-34(32)39-33/h4-20,23-25,28,37,39H,21-22H2,1-3H3. The Balaban J connectivity index is 1.34. The summed E-state index contributed by atoms with van der Waals surface area (Å²) < 4.78 is 2.29. The van der Waals surface area contributed by atoms with Crippen LogP contribution in [0.4, 0.5) is 0 Å². The number of nitrogens with zero attached hydrogens (tertiary/aromatic N) is 2. The molecule has 0 saturated carbocycles. The van der Waals surface area contributed by atoms with Gasteiger partial charge < -0.3 is 14.9 Å². The van der Waals surface area contributed by atoms with Crippen LogP contribution < -0.4 is 5.32 Å². The van der Waals surface area contributed by atoms with E-state index in [1.807, 2.05) is 6.33 Å². The number of para-hydroxylation sites is 1.